The summed E-state index contributed by atoms with van der Waals surface area (Å²) in [6.07, 6.45) is 1.22. The minimum absolute atomic E-state index is 0.599. The molecular formula is C16H13NO. The number of hydrogen-bond acceptors (Lipinski definition) is 2. The molecule has 2 aliphatic rings. The van der Waals surface area contributed by atoms with E-state index in [1.807, 2.05) is 12.1 Å². The van der Waals surface area contributed by atoms with E-state index in [4.69, 9.17) is 0 Å². The Kier molecular flexibility index (Phi) is 1.90. The fourth-order valence-electron chi connectivity index (χ4n) is 3.21. The Morgan fingerprint density at radius 3 is 1.83 bits per heavy atom. The van der Waals surface area contributed by atoms with Crippen molar-refractivity contribution in [2.24, 2.45) is 5.16 Å². The number of oxime groups is 1. The summed E-state index contributed by atoms with van der Waals surface area (Å²) in [5.74, 6) is 1.20. The van der Waals surface area contributed by atoms with Crippen molar-refractivity contribution in [3.05, 3.63) is 70.8 Å². The van der Waals surface area contributed by atoms with Crippen LogP contribution in [0.1, 0.15) is 40.5 Å². The molecule has 4 rings (SSSR count). The van der Waals surface area contributed by atoms with Crippen LogP contribution in [-0.4, -0.2) is 10.9 Å². The number of benzene rings is 2. The van der Waals surface area contributed by atoms with E-state index in [1.54, 1.807) is 0 Å². The largest absolute Gasteiger partial charge is 0.410 e. The van der Waals surface area contributed by atoms with Gasteiger partial charge < -0.3 is 5.21 Å². The van der Waals surface area contributed by atoms with Gasteiger partial charge in [0.1, 0.15) is 5.71 Å². The molecule has 2 aliphatic carbocycles. The number of rotatable bonds is 0. The Balaban J connectivity index is 2.05. The first kappa shape index (κ1) is 9.89. The van der Waals surface area contributed by atoms with Crippen LogP contribution in [0.3, 0.4) is 0 Å². The highest BCUT2D eigenvalue weighted by molar-refractivity contribution is 6.15. The Hall–Kier alpha value is -2.09. The predicted octanol–water partition coefficient (Wildman–Crippen LogP) is 3.50. The predicted molar refractivity (Wildman–Crippen MR) is 70.4 cm³/mol. The van der Waals surface area contributed by atoms with E-state index in [0.29, 0.717) is 17.5 Å². The molecule has 18 heavy (non-hydrogen) atoms. The van der Waals surface area contributed by atoms with Crippen LogP contribution in [0.2, 0.25) is 0 Å². The van der Waals surface area contributed by atoms with Crippen molar-refractivity contribution in [3.8, 4) is 0 Å². The maximum Gasteiger partial charge on any atom is 0.117 e. The minimum atomic E-state index is 0.599. The summed E-state index contributed by atoms with van der Waals surface area (Å²) in [5, 5.41) is 13.0. The number of hydrogen-bond donors (Lipinski definition) is 1. The molecule has 0 spiro atoms. The molecule has 2 nitrogen and oxygen atoms in total. The van der Waals surface area contributed by atoms with Crippen LogP contribution in [0.5, 0.6) is 0 Å². The lowest BCUT2D eigenvalue weighted by Crippen LogP contribution is -2.06. The van der Waals surface area contributed by atoms with Gasteiger partial charge in [0.05, 0.1) is 0 Å². The lowest BCUT2D eigenvalue weighted by Gasteiger charge is -2.09. The minimum Gasteiger partial charge on any atom is -0.410 e. The Morgan fingerprint density at radius 2 is 1.33 bits per heavy atom. The molecule has 0 heterocycles. The highest BCUT2D eigenvalue weighted by Gasteiger charge is 2.44. The van der Waals surface area contributed by atoms with Crippen LogP contribution < -0.4 is 0 Å². The van der Waals surface area contributed by atoms with Crippen molar-refractivity contribution in [1.82, 2.24) is 0 Å². The van der Waals surface area contributed by atoms with Crippen LogP contribution >= 0.6 is 0 Å². The standard InChI is InChI=1S/C16H13NO/c18-17-16-12-7-3-1-5-10(12)14-9-15(14)11-6-2-4-8-13(11)16/h1-8,14-15,18H,9H2. The first-order valence-corrected chi connectivity index (χ1v) is 6.31. The molecule has 2 atom stereocenters. The van der Waals surface area contributed by atoms with Gasteiger partial charge in [-0.05, 0) is 29.4 Å². The molecule has 0 bridgehead atoms. The molecule has 2 heteroatoms. The van der Waals surface area contributed by atoms with Gasteiger partial charge in [-0.1, -0.05) is 53.7 Å². The summed E-state index contributed by atoms with van der Waals surface area (Å²) in [6.45, 7) is 0. The van der Waals surface area contributed by atoms with Crippen molar-refractivity contribution in [2.45, 2.75) is 18.3 Å². The molecule has 2 unspecified atom stereocenters. The SMILES string of the molecule is ON=C1c2ccccc2C2CC2c2ccccc21. The molecule has 1 N–H and O–H groups in total. The zero-order chi connectivity index (χ0) is 12.1. The summed E-state index contributed by atoms with van der Waals surface area (Å²) >= 11 is 0. The molecule has 88 valence electrons. The molecule has 0 amide bonds. The zero-order valence-electron chi connectivity index (χ0n) is 9.88. The molecule has 0 saturated heterocycles. The number of nitrogens with zero attached hydrogens (tertiary/aromatic N) is 1. The zero-order valence-corrected chi connectivity index (χ0v) is 9.88. The quantitative estimate of drug-likeness (QED) is 0.550. The summed E-state index contributed by atoms with van der Waals surface area (Å²) in [7, 11) is 0. The summed E-state index contributed by atoms with van der Waals surface area (Å²) in [4.78, 5) is 0. The van der Waals surface area contributed by atoms with Gasteiger partial charge in [0.15, 0.2) is 0 Å². The third kappa shape index (κ3) is 1.20. The van der Waals surface area contributed by atoms with E-state index < -0.39 is 0 Å². The first-order chi connectivity index (χ1) is 8.90. The van der Waals surface area contributed by atoms with Gasteiger partial charge in [-0.25, -0.2) is 0 Å². The van der Waals surface area contributed by atoms with E-state index in [-0.39, 0.29) is 0 Å². The van der Waals surface area contributed by atoms with Crippen molar-refractivity contribution in [3.63, 3.8) is 0 Å². The molecule has 2 aromatic carbocycles. The second kappa shape index (κ2) is 3.45. The lowest BCUT2D eigenvalue weighted by atomic mass is 9.95. The van der Waals surface area contributed by atoms with Crippen LogP contribution in [0.25, 0.3) is 0 Å². The third-order valence-corrected chi connectivity index (χ3v) is 4.12. The van der Waals surface area contributed by atoms with Crippen molar-refractivity contribution >= 4 is 5.71 Å². The van der Waals surface area contributed by atoms with Crippen molar-refractivity contribution in [1.29, 1.82) is 0 Å². The van der Waals surface area contributed by atoms with Crippen LogP contribution in [0, 0.1) is 0 Å². The summed E-state index contributed by atoms with van der Waals surface area (Å²) < 4.78 is 0. The van der Waals surface area contributed by atoms with E-state index in [2.05, 4.69) is 41.6 Å². The van der Waals surface area contributed by atoms with Crippen molar-refractivity contribution in [2.75, 3.05) is 0 Å². The van der Waals surface area contributed by atoms with E-state index in [9.17, 15) is 5.21 Å². The average Bonchev–Trinajstić information content (AvgIpc) is 3.20. The molecule has 0 aromatic heterocycles. The lowest BCUT2D eigenvalue weighted by molar-refractivity contribution is 0.319. The fraction of sp³-hybridized carbons (Fsp3) is 0.188. The molecule has 1 saturated carbocycles. The van der Waals surface area contributed by atoms with E-state index in [0.717, 1.165) is 11.1 Å². The third-order valence-electron chi connectivity index (χ3n) is 4.12. The average molecular weight is 235 g/mol. The van der Waals surface area contributed by atoms with Crippen LogP contribution in [0.15, 0.2) is 53.7 Å². The summed E-state index contributed by atoms with van der Waals surface area (Å²) in [6, 6.07) is 16.6. The van der Waals surface area contributed by atoms with Gasteiger partial charge in [-0.2, -0.15) is 0 Å². The normalized spacial score (nSPS) is 23.4. The van der Waals surface area contributed by atoms with Gasteiger partial charge in [0.2, 0.25) is 0 Å². The van der Waals surface area contributed by atoms with Gasteiger partial charge in [-0.3, -0.25) is 0 Å². The molecule has 1 fully saturated rings. The molecule has 0 radical (unpaired) electrons. The van der Waals surface area contributed by atoms with Crippen LogP contribution in [0.4, 0.5) is 0 Å². The second-order valence-corrected chi connectivity index (χ2v) is 5.07. The van der Waals surface area contributed by atoms with Gasteiger partial charge in [-0.15, -0.1) is 0 Å². The highest BCUT2D eigenvalue weighted by atomic mass is 16.4. The molecule has 2 aromatic rings. The van der Waals surface area contributed by atoms with E-state index in [1.165, 1.54) is 17.5 Å². The fourth-order valence-corrected chi connectivity index (χ4v) is 3.21. The van der Waals surface area contributed by atoms with Gasteiger partial charge in [0.25, 0.3) is 0 Å². The highest BCUT2D eigenvalue weighted by Crippen LogP contribution is 2.58. The Morgan fingerprint density at radius 1 is 0.833 bits per heavy atom. The summed E-state index contributed by atoms with van der Waals surface area (Å²) in [5.41, 5.74) is 5.53. The molecular weight excluding hydrogens is 222 g/mol. The smallest absolute Gasteiger partial charge is 0.117 e. The maximum absolute atomic E-state index is 9.40. The van der Waals surface area contributed by atoms with Gasteiger partial charge >= 0.3 is 0 Å². The Bertz CT molecular complexity index is 606. The molecule has 0 aliphatic heterocycles. The first-order valence-electron chi connectivity index (χ1n) is 6.31. The maximum atomic E-state index is 9.40. The monoisotopic (exact) mass is 235 g/mol. The van der Waals surface area contributed by atoms with Crippen LogP contribution in [-0.2, 0) is 0 Å². The van der Waals surface area contributed by atoms with Crippen molar-refractivity contribution < 1.29 is 5.21 Å². The Labute approximate surface area is 106 Å². The number of fused-ring (bicyclic) bond motifs is 5. The topological polar surface area (TPSA) is 32.6 Å². The van der Waals surface area contributed by atoms with E-state index >= 15 is 0 Å². The second-order valence-electron chi connectivity index (χ2n) is 5.07. The van der Waals surface area contributed by atoms with Gasteiger partial charge in [0, 0.05) is 11.1 Å².